The molecule has 0 heterocycles. The van der Waals surface area contributed by atoms with Crippen LogP contribution >= 0.6 is 0 Å². The molecule has 0 aromatic heterocycles. The van der Waals surface area contributed by atoms with Crippen molar-refractivity contribution in [3.8, 4) is 0 Å². The van der Waals surface area contributed by atoms with E-state index in [9.17, 15) is 0 Å². The maximum Gasteiger partial charge on any atom is -0.0244 e. The van der Waals surface area contributed by atoms with Gasteiger partial charge in [0.1, 0.15) is 0 Å². The monoisotopic (exact) mass is 266 g/mol. The van der Waals surface area contributed by atoms with Gasteiger partial charge in [-0.25, -0.2) is 0 Å². The van der Waals surface area contributed by atoms with E-state index < -0.39 is 0 Å². The van der Waals surface area contributed by atoms with Gasteiger partial charge in [-0.05, 0) is 46.1 Å². The molecule has 20 heavy (non-hydrogen) atoms. The first-order valence-corrected chi connectivity index (χ1v) is 7.32. The molecule has 0 atom stereocenters. The molecule has 0 aliphatic heterocycles. The van der Waals surface area contributed by atoms with Crippen molar-refractivity contribution < 1.29 is 0 Å². The third-order valence-corrected chi connectivity index (χ3v) is 3.09. The van der Waals surface area contributed by atoms with Gasteiger partial charge in [0.2, 0.25) is 0 Å². The molecule has 0 saturated carbocycles. The second-order valence-corrected chi connectivity index (χ2v) is 5.25. The Hall–Kier alpha value is -1.82. The van der Waals surface area contributed by atoms with E-state index in [0.717, 1.165) is 12.8 Å². The number of allylic oxidation sites excluding steroid dienone is 2. The number of hydrogen-bond acceptors (Lipinski definition) is 0. The Labute approximate surface area is 124 Å². The van der Waals surface area contributed by atoms with E-state index in [2.05, 4.69) is 88.4 Å². The Balaban J connectivity index is 0.000000217. The van der Waals surface area contributed by atoms with Crippen molar-refractivity contribution in [3.63, 3.8) is 0 Å². The largest absolute Gasteiger partial charge is 0.0917 e. The van der Waals surface area contributed by atoms with Crippen LogP contribution in [0.15, 0.2) is 60.7 Å². The van der Waals surface area contributed by atoms with Crippen LogP contribution in [0.5, 0.6) is 0 Å². The zero-order valence-electron chi connectivity index (χ0n) is 13.2. The summed E-state index contributed by atoms with van der Waals surface area (Å²) in [5, 5.41) is 0. The minimum Gasteiger partial charge on any atom is -0.0917 e. The molecular weight excluding hydrogens is 240 g/mol. The van der Waals surface area contributed by atoms with E-state index in [4.69, 9.17) is 0 Å². The first-order valence-electron chi connectivity index (χ1n) is 7.32. The molecule has 0 saturated heterocycles. The summed E-state index contributed by atoms with van der Waals surface area (Å²) in [6, 6.07) is 17.2. The molecular formula is C20H26. The highest BCUT2D eigenvalue weighted by atomic mass is 14.0. The average molecular weight is 266 g/mol. The van der Waals surface area contributed by atoms with Crippen LogP contribution in [0.3, 0.4) is 0 Å². The first-order chi connectivity index (χ1) is 9.61. The molecule has 0 nitrogen and oxygen atoms in total. The fourth-order valence-electron chi connectivity index (χ4n) is 2.09. The zero-order valence-corrected chi connectivity index (χ0v) is 13.2. The normalized spacial score (nSPS) is 10.2. The highest BCUT2D eigenvalue weighted by Gasteiger charge is 1.90. The quantitative estimate of drug-likeness (QED) is 0.615. The van der Waals surface area contributed by atoms with Crippen LogP contribution in [0, 0.1) is 20.8 Å². The Morgan fingerprint density at radius 2 is 1.35 bits per heavy atom. The van der Waals surface area contributed by atoms with Crippen LogP contribution < -0.4 is 0 Å². The lowest BCUT2D eigenvalue weighted by molar-refractivity contribution is 0.996. The summed E-state index contributed by atoms with van der Waals surface area (Å²) in [4.78, 5) is 0. The summed E-state index contributed by atoms with van der Waals surface area (Å²) in [6.45, 7) is 8.41. The average Bonchev–Trinajstić information content (AvgIpc) is 2.39. The number of benzene rings is 2. The highest BCUT2D eigenvalue weighted by molar-refractivity contribution is 5.22. The van der Waals surface area contributed by atoms with Gasteiger partial charge in [0.05, 0.1) is 0 Å². The Morgan fingerprint density at radius 3 is 1.80 bits per heavy atom. The van der Waals surface area contributed by atoms with Crippen LogP contribution in [0.25, 0.3) is 0 Å². The standard InChI is InChI=1S/C12H16.C8H10/c1-3-4-5-8-12-9-6-7-11(2)10-12;1-7-4-3-5-8(2)6-7/h3-4,6-7,9-10H,5,8H2,1-2H3;3-6H,1-2H3/b4-3+;. The van der Waals surface area contributed by atoms with Crippen molar-refractivity contribution in [2.45, 2.75) is 40.5 Å². The molecule has 0 N–H and O–H groups in total. The zero-order chi connectivity index (χ0) is 14.8. The summed E-state index contributed by atoms with van der Waals surface area (Å²) in [6.07, 6.45) is 6.63. The third kappa shape index (κ3) is 6.94. The van der Waals surface area contributed by atoms with Crippen LogP contribution in [-0.4, -0.2) is 0 Å². The van der Waals surface area contributed by atoms with Gasteiger partial charge in [0.15, 0.2) is 0 Å². The third-order valence-electron chi connectivity index (χ3n) is 3.09. The molecule has 0 heteroatoms. The van der Waals surface area contributed by atoms with E-state index in [1.165, 1.54) is 22.3 Å². The molecule has 0 unspecified atom stereocenters. The van der Waals surface area contributed by atoms with Gasteiger partial charge >= 0.3 is 0 Å². The van der Waals surface area contributed by atoms with Crippen molar-refractivity contribution in [3.05, 3.63) is 82.9 Å². The van der Waals surface area contributed by atoms with Gasteiger partial charge in [0.25, 0.3) is 0 Å². The summed E-state index contributed by atoms with van der Waals surface area (Å²) in [5.74, 6) is 0. The molecule has 0 bridgehead atoms. The van der Waals surface area contributed by atoms with Gasteiger partial charge in [-0.3, -0.25) is 0 Å². The molecule has 2 rings (SSSR count). The van der Waals surface area contributed by atoms with Gasteiger partial charge < -0.3 is 0 Å². The maximum absolute atomic E-state index is 2.25. The molecule has 0 amide bonds. The Kier molecular flexibility index (Phi) is 7.42. The lowest BCUT2D eigenvalue weighted by Gasteiger charge is -1.98. The molecule has 106 valence electrons. The molecule has 0 spiro atoms. The topological polar surface area (TPSA) is 0 Å². The van der Waals surface area contributed by atoms with E-state index in [-0.39, 0.29) is 0 Å². The van der Waals surface area contributed by atoms with Gasteiger partial charge in [-0.2, -0.15) is 0 Å². The number of rotatable bonds is 3. The second kappa shape index (κ2) is 9.14. The lowest BCUT2D eigenvalue weighted by Crippen LogP contribution is -1.83. The molecule has 0 radical (unpaired) electrons. The van der Waals surface area contributed by atoms with Crippen molar-refractivity contribution in [2.24, 2.45) is 0 Å². The fourth-order valence-corrected chi connectivity index (χ4v) is 2.09. The minimum atomic E-state index is 1.15. The van der Waals surface area contributed by atoms with E-state index in [0.29, 0.717) is 0 Å². The van der Waals surface area contributed by atoms with Crippen LogP contribution in [0.4, 0.5) is 0 Å². The van der Waals surface area contributed by atoms with E-state index in [1.54, 1.807) is 0 Å². The minimum absolute atomic E-state index is 1.15. The number of hydrogen-bond donors (Lipinski definition) is 0. The van der Waals surface area contributed by atoms with Crippen molar-refractivity contribution in [2.75, 3.05) is 0 Å². The Bertz CT molecular complexity index is 518. The smallest absolute Gasteiger partial charge is 0.0244 e. The maximum atomic E-state index is 2.25. The van der Waals surface area contributed by atoms with Gasteiger partial charge in [0, 0.05) is 0 Å². The second-order valence-electron chi connectivity index (χ2n) is 5.25. The highest BCUT2D eigenvalue weighted by Crippen LogP contribution is 2.06. The van der Waals surface area contributed by atoms with Crippen molar-refractivity contribution >= 4 is 0 Å². The predicted molar refractivity (Wildman–Crippen MR) is 90.2 cm³/mol. The summed E-state index contributed by atoms with van der Waals surface area (Å²) < 4.78 is 0. The molecule has 2 aromatic carbocycles. The summed E-state index contributed by atoms with van der Waals surface area (Å²) in [5.41, 5.74) is 5.47. The van der Waals surface area contributed by atoms with Crippen molar-refractivity contribution in [1.82, 2.24) is 0 Å². The summed E-state index contributed by atoms with van der Waals surface area (Å²) in [7, 11) is 0. The molecule has 0 aliphatic carbocycles. The lowest BCUT2D eigenvalue weighted by atomic mass is 10.1. The first kappa shape index (κ1) is 16.2. The Morgan fingerprint density at radius 1 is 0.800 bits per heavy atom. The predicted octanol–water partition coefficient (Wildman–Crippen LogP) is 5.81. The van der Waals surface area contributed by atoms with Crippen LogP contribution in [-0.2, 0) is 6.42 Å². The van der Waals surface area contributed by atoms with E-state index >= 15 is 0 Å². The molecule has 2 aromatic rings. The summed E-state index contributed by atoms with van der Waals surface area (Å²) >= 11 is 0. The van der Waals surface area contributed by atoms with Gasteiger partial charge in [-0.1, -0.05) is 77.4 Å². The van der Waals surface area contributed by atoms with Crippen LogP contribution in [0.1, 0.15) is 35.6 Å². The number of aryl methyl sites for hydroxylation is 4. The van der Waals surface area contributed by atoms with E-state index in [1.807, 2.05) is 0 Å². The fraction of sp³-hybridized carbons (Fsp3) is 0.300. The van der Waals surface area contributed by atoms with Gasteiger partial charge in [-0.15, -0.1) is 0 Å². The van der Waals surface area contributed by atoms with Crippen LogP contribution in [0.2, 0.25) is 0 Å². The van der Waals surface area contributed by atoms with Crippen molar-refractivity contribution in [1.29, 1.82) is 0 Å². The SMILES string of the molecule is C/C=C/CCc1cccc(C)c1.Cc1cccc(C)c1. The molecule has 0 fully saturated rings. The molecule has 0 aliphatic rings.